The van der Waals surface area contributed by atoms with Crippen LogP contribution in [0.25, 0.3) is 16.7 Å². The van der Waals surface area contributed by atoms with Gasteiger partial charge in [0.2, 0.25) is 0 Å². The third kappa shape index (κ3) is 2.78. The second-order valence-electron chi connectivity index (χ2n) is 6.98. The van der Waals surface area contributed by atoms with Gasteiger partial charge in [0.15, 0.2) is 0 Å². The van der Waals surface area contributed by atoms with Gasteiger partial charge in [-0.15, -0.1) is 0 Å². The Morgan fingerprint density at radius 3 is 2.44 bits per heavy atom. The lowest BCUT2D eigenvalue weighted by atomic mass is 9.87. The molecule has 0 atom stereocenters. The van der Waals surface area contributed by atoms with Gasteiger partial charge in [0.1, 0.15) is 5.82 Å². The normalized spacial score (nSPS) is 16.4. The SMILES string of the molecule is Cc1cc(C2=CC(=O)OCC2)cc(C)c1-c1ccc(F)c2c1CCC2. The van der Waals surface area contributed by atoms with E-state index in [1.807, 2.05) is 6.07 Å². The topological polar surface area (TPSA) is 26.3 Å². The van der Waals surface area contributed by atoms with Crippen LogP contribution in [0.3, 0.4) is 0 Å². The zero-order valence-electron chi connectivity index (χ0n) is 14.6. The Bertz CT molecular complexity index is 885. The lowest BCUT2D eigenvalue weighted by molar-refractivity contribution is -0.138. The van der Waals surface area contributed by atoms with Gasteiger partial charge < -0.3 is 4.74 Å². The maximum atomic E-state index is 14.1. The predicted octanol–water partition coefficient (Wildman–Crippen LogP) is 4.93. The second kappa shape index (κ2) is 6.14. The van der Waals surface area contributed by atoms with E-state index in [0.29, 0.717) is 6.61 Å². The highest BCUT2D eigenvalue weighted by Gasteiger charge is 2.22. The smallest absolute Gasteiger partial charge is 0.331 e. The van der Waals surface area contributed by atoms with Crippen LogP contribution in [-0.4, -0.2) is 12.6 Å². The van der Waals surface area contributed by atoms with E-state index in [-0.39, 0.29) is 11.8 Å². The van der Waals surface area contributed by atoms with E-state index in [2.05, 4.69) is 26.0 Å². The lowest BCUT2D eigenvalue weighted by Crippen LogP contribution is -2.10. The zero-order chi connectivity index (χ0) is 17.6. The molecule has 4 rings (SSSR count). The van der Waals surface area contributed by atoms with E-state index in [1.165, 1.54) is 11.1 Å². The van der Waals surface area contributed by atoms with E-state index >= 15 is 0 Å². The molecular weight excluding hydrogens is 315 g/mol. The first kappa shape index (κ1) is 16.1. The number of esters is 1. The van der Waals surface area contributed by atoms with Crippen molar-refractivity contribution < 1.29 is 13.9 Å². The average Bonchev–Trinajstić information content (AvgIpc) is 3.07. The molecule has 2 aliphatic rings. The molecule has 1 aliphatic heterocycles. The highest BCUT2D eigenvalue weighted by atomic mass is 19.1. The van der Waals surface area contributed by atoms with Crippen LogP contribution in [0.2, 0.25) is 0 Å². The Kier molecular flexibility index (Phi) is 3.95. The summed E-state index contributed by atoms with van der Waals surface area (Å²) in [5.41, 5.74) is 8.84. The molecule has 2 aromatic rings. The number of carbonyl (C=O) groups is 1. The Balaban J connectivity index is 1.83. The summed E-state index contributed by atoms with van der Waals surface area (Å²) in [5.74, 6) is -0.342. The first-order valence-corrected chi connectivity index (χ1v) is 8.84. The van der Waals surface area contributed by atoms with Crippen molar-refractivity contribution in [2.24, 2.45) is 0 Å². The summed E-state index contributed by atoms with van der Waals surface area (Å²) >= 11 is 0. The monoisotopic (exact) mass is 336 g/mol. The number of rotatable bonds is 2. The van der Waals surface area contributed by atoms with Crippen molar-refractivity contribution in [1.82, 2.24) is 0 Å². The van der Waals surface area contributed by atoms with Crippen LogP contribution < -0.4 is 0 Å². The summed E-state index contributed by atoms with van der Waals surface area (Å²) in [6.45, 7) is 4.63. The van der Waals surface area contributed by atoms with Crippen molar-refractivity contribution in [2.75, 3.05) is 6.61 Å². The minimum absolute atomic E-state index is 0.0750. The van der Waals surface area contributed by atoms with E-state index in [1.54, 1.807) is 12.1 Å². The molecule has 0 N–H and O–H groups in total. The Morgan fingerprint density at radius 2 is 1.72 bits per heavy atom. The molecule has 0 bridgehead atoms. The predicted molar refractivity (Wildman–Crippen MR) is 96.9 cm³/mol. The number of cyclic esters (lactones) is 1. The maximum Gasteiger partial charge on any atom is 0.331 e. The van der Waals surface area contributed by atoms with E-state index in [4.69, 9.17) is 4.74 Å². The first-order valence-electron chi connectivity index (χ1n) is 8.84. The van der Waals surface area contributed by atoms with Gasteiger partial charge in [-0.1, -0.05) is 18.2 Å². The fourth-order valence-electron chi connectivity index (χ4n) is 4.22. The van der Waals surface area contributed by atoms with Crippen LogP contribution in [0.15, 0.2) is 30.3 Å². The molecule has 0 fully saturated rings. The van der Waals surface area contributed by atoms with Gasteiger partial charge in [0.25, 0.3) is 0 Å². The van der Waals surface area contributed by atoms with Gasteiger partial charge in [0, 0.05) is 12.5 Å². The molecule has 0 saturated heterocycles. The fraction of sp³-hybridized carbons (Fsp3) is 0.318. The number of benzene rings is 2. The van der Waals surface area contributed by atoms with E-state index < -0.39 is 0 Å². The summed E-state index contributed by atoms with van der Waals surface area (Å²) in [6.07, 6.45) is 5.14. The molecule has 2 aromatic carbocycles. The standard InChI is InChI=1S/C22H21FO2/c1-13-10-16(15-8-9-25-21(24)12-15)11-14(2)22(13)19-6-7-20(23)18-5-3-4-17(18)19/h6-7,10-12H,3-5,8-9H2,1-2H3. The summed E-state index contributed by atoms with van der Waals surface area (Å²) in [7, 11) is 0. The van der Waals surface area contributed by atoms with Crippen molar-refractivity contribution in [3.63, 3.8) is 0 Å². The number of fused-ring (bicyclic) bond motifs is 1. The highest BCUT2D eigenvalue weighted by Crippen LogP contribution is 2.38. The minimum atomic E-state index is -0.267. The molecular formula is C22H21FO2. The summed E-state index contributed by atoms with van der Waals surface area (Å²) < 4.78 is 19.1. The molecule has 1 aliphatic carbocycles. The van der Waals surface area contributed by atoms with Crippen LogP contribution in [0.1, 0.15) is 40.7 Å². The maximum absolute atomic E-state index is 14.1. The van der Waals surface area contributed by atoms with Crippen molar-refractivity contribution in [3.8, 4) is 11.1 Å². The number of hydrogen-bond acceptors (Lipinski definition) is 2. The summed E-state index contributed by atoms with van der Waals surface area (Å²) in [4.78, 5) is 11.5. The number of carbonyl (C=O) groups excluding carboxylic acids is 1. The molecule has 0 aromatic heterocycles. The van der Waals surface area contributed by atoms with Gasteiger partial charge in [-0.05, 0) is 83.7 Å². The van der Waals surface area contributed by atoms with Crippen molar-refractivity contribution in [2.45, 2.75) is 39.5 Å². The van der Waals surface area contributed by atoms with Crippen LogP contribution in [-0.2, 0) is 22.4 Å². The van der Waals surface area contributed by atoms with Crippen LogP contribution in [0.5, 0.6) is 0 Å². The molecule has 0 saturated carbocycles. The highest BCUT2D eigenvalue weighted by molar-refractivity contribution is 5.93. The number of halogens is 1. The third-order valence-corrected chi connectivity index (χ3v) is 5.31. The third-order valence-electron chi connectivity index (χ3n) is 5.31. The quantitative estimate of drug-likeness (QED) is 0.727. The Morgan fingerprint density at radius 1 is 1.00 bits per heavy atom. The van der Waals surface area contributed by atoms with Crippen LogP contribution in [0.4, 0.5) is 4.39 Å². The molecule has 0 spiro atoms. The lowest BCUT2D eigenvalue weighted by Gasteiger charge is -2.19. The minimum Gasteiger partial charge on any atom is -0.462 e. The largest absolute Gasteiger partial charge is 0.462 e. The van der Waals surface area contributed by atoms with Gasteiger partial charge in [0.05, 0.1) is 6.61 Å². The van der Waals surface area contributed by atoms with E-state index in [0.717, 1.165) is 59.1 Å². The number of hydrogen-bond donors (Lipinski definition) is 0. The summed E-state index contributed by atoms with van der Waals surface area (Å²) in [5, 5.41) is 0. The average molecular weight is 336 g/mol. The number of ether oxygens (including phenoxy) is 1. The van der Waals surface area contributed by atoms with E-state index in [9.17, 15) is 9.18 Å². The molecule has 2 nitrogen and oxygen atoms in total. The van der Waals surface area contributed by atoms with Gasteiger partial charge in [-0.2, -0.15) is 0 Å². The molecule has 0 unspecified atom stereocenters. The Labute approximate surface area is 147 Å². The van der Waals surface area contributed by atoms with Crippen molar-refractivity contribution >= 4 is 11.5 Å². The van der Waals surface area contributed by atoms with Crippen LogP contribution in [0, 0.1) is 19.7 Å². The van der Waals surface area contributed by atoms with Crippen molar-refractivity contribution in [1.29, 1.82) is 0 Å². The number of aryl methyl sites for hydroxylation is 2. The fourth-order valence-corrected chi connectivity index (χ4v) is 4.22. The zero-order valence-corrected chi connectivity index (χ0v) is 14.6. The molecule has 0 radical (unpaired) electrons. The molecule has 0 amide bonds. The second-order valence-corrected chi connectivity index (χ2v) is 6.98. The van der Waals surface area contributed by atoms with Gasteiger partial charge in [-0.3, -0.25) is 0 Å². The Hall–Kier alpha value is -2.42. The molecule has 3 heteroatoms. The van der Waals surface area contributed by atoms with Crippen LogP contribution >= 0.6 is 0 Å². The van der Waals surface area contributed by atoms with Gasteiger partial charge >= 0.3 is 5.97 Å². The van der Waals surface area contributed by atoms with Gasteiger partial charge in [-0.25, -0.2) is 9.18 Å². The summed E-state index contributed by atoms with van der Waals surface area (Å²) in [6, 6.07) is 7.80. The first-order chi connectivity index (χ1) is 12.0. The molecule has 1 heterocycles. The van der Waals surface area contributed by atoms with Crippen molar-refractivity contribution in [3.05, 3.63) is 64.0 Å². The molecule has 128 valence electrons. The molecule has 25 heavy (non-hydrogen) atoms.